The van der Waals surface area contributed by atoms with E-state index in [0.29, 0.717) is 22.9 Å². The van der Waals surface area contributed by atoms with Gasteiger partial charge in [-0.2, -0.15) is 0 Å². The van der Waals surface area contributed by atoms with E-state index in [4.69, 9.17) is 34.3 Å². The van der Waals surface area contributed by atoms with Gasteiger partial charge in [-0.15, -0.1) is 0 Å². The van der Waals surface area contributed by atoms with Gasteiger partial charge >= 0.3 is 0 Å². The fourth-order valence-corrected chi connectivity index (χ4v) is 2.40. The van der Waals surface area contributed by atoms with Crippen molar-refractivity contribution in [2.45, 2.75) is 6.61 Å². The lowest BCUT2D eigenvalue weighted by atomic mass is 10.2. The van der Waals surface area contributed by atoms with Gasteiger partial charge < -0.3 is 10.5 Å². The first kappa shape index (κ1) is 14.3. The molecule has 2 nitrogen and oxygen atoms in total. The number of halogens is 2. The van der Waals surface area contributed by atoms with Crippen LogP contribution in [0.4, 0.5) is 0 Å². The molecule has 0 aliphatic heterocycles. The fraction of sp³-hybridized carbons (Fsp3) is 0.0714. The SMILES string of the molecule is NC(=S)c1c(Cl)cccc1OCc1ccc(Br)cc1. The molecule has 0 amide bonds. The van der Waals surface area contributed by atoms with Crippen LogP contribution in [0.2, 0.25) is 5.02 Å². The zero-order chi connectivity index (χ0) is 13.8. The molecule has 0 heterocycles. The summed E-state index contributed by atoms with van der Waals surface area (Å²) in [5.41, 5.74) is 7.30. The highest BCUT2D eigenvalue weighted by Crippen LogP contribution is 2.27. The van der Waals surface area contributed by atoms with Crippen molar-refractivity contribution in [1.29, 1.82) is 0 Å². The van der Waals surface area contributed by atoms with Gasteiger partial charge in [0.2, 0.25) is 0 Å². The fourth-order valence-electron chi connectivity index (χ4n) is 1.61. The maximum Gasteiger partial charge on any atom is 0.131 e. The molecule has 2 aromatic rings. The van der Waals surface area contributed by atoms with Crippen LogP contribution in [0.1, 0.15) is 11.1 Å². The maximum atomic E-state index is 6.07. The van der Waals surface area contributed by atoms with Gasteiger partial charge in [0.15, 0.2) is 0 Å². The molecule has 19 heavy (non-hydrogen) atoms. The van der Waals surface area contributed by atoms with Crippen molar-refractivity contribution in [3.8, 4) is 5.75 Å². The zero-order valence-corrected chi connectivity index (χ0v) is 13.1. The van der Waals surface area contributed by atoms with E-state index in [1.54, 1.807) is 18.2 Å². The number of hydrogen-bond donors (Lipinski definition) is 1. The molecule has 2 rings (SSSR count). The molecule has 0 atom stereocenters. The maximum absolute atomic E-state index is 6.07. The molecule has 0 saturated heterocycles. The van der Waals surface area contributed by atoms with E-state index in [9.17, 15) is 0 Å². The number of nitrogens with two attached hydrogens (primary N) is 1. The number of ether oxygens (including phenoxy) is 1. The van der Waals surface area contributed by atoms with E-state index in [0.717, 1.165) is 10.0 Å². The molecule has 0 saturated carbocycles. The van der Waals surface area contributed by atoms with Gasteiger partial charge in [-0.1, -0.05) is 57.9 Å². The number of thiocarbonyl (C=S) groups is 1. The quantitative estimate of drug-likeness (QED) is 0.829. The summed E-state index contributed by atoms with van der Waals surface area (Å²) in [7, 11) is 0. The second-order valence-electron chi connectivity index (χ2n) is 3.89. The zero-order valence-electron chi connectivity index (χ0n) is 9.90. The predicted molar refractivity (Wildman–Crippen MR) is 85.8 cm³/mol. The van der Waals surface area contributed by atoms with E-state index in [1.807, 2.05) is 24.3 Å². The Morgan fingerprint density at radius 2 is 1.89 bits per heavy atom. The highest BCUT2D eigenvalue weighted by atomic mass is 79.9. The molecular formula is C14H11BrClNOS. The summed E-state index contributed by atoms with van der Waals surface area (Å²) in [6, 6.07) is 13.2. The Kier molecular flexibility index (Phi) is 4.80. The van der Waals surface area contributed by atoms with Gasteiger partial charge in [-0.25, -0.2) is 0 Å². The van der Waals surface area contributed by atoms with Crippen LogP contribution in [0.15, 0.2) is 46.9 Å². The van der Waals surface area contributed by atoms with E-state index in [2.05, 4.69) is 15.9 Å². The van der Waals surface area contributed by atoms with Gasteiger partial charge in [0.1, 0.15) is 17.3 Å². The molecule has 2 N–H and O–H groups in total. The summed E-state index contributed by atoms with van der Waals surface area (Å²) < 4.78 is 6.77. The van der Waals surface area contributed by atoms with Gasteiger partial charge in [-0.3, -0.25) is 0 Å². The van der Waals surface area contributed by atoms with Crippen LogP contribution in [0.5, 0.6) is 5.75 Å². The number of benzene rings is 2. The molecule has 0 bridgehead atoms. The lowest BCUT2D eigenvalue weighted by Gasteiger charge is -2.12. The predicted octanol–water partition coefficient (Wildman–Crippen LogP) is 4.32. The lowest BCUT2D eigenvalue weighted by Crippen LogP contribution is -2.12. The largest absolute Gasteiger partial charge is 0.488 e. The van der Waals surface area contributed by atoms with Crippen molar-refractivity contribution >= 4 is 44.7 Å². The highest BCUT2D eigenvalue weighted by molar-refractivity contribution is 9.10. The average Bonchev–Trinajstić information content (AvgIpc) is 2.37. The smallest absolute Gasteiger partial charge is 0.131 e. The molecule has 2 aromatic carbocycles. The minimum Gasteiger partial charge on any atom is -0.488 e. The Balaban J connectivity index is 2.18. The second kappa shape index (κ2) is 6.37. The molecule has 0 unspecified atom stereocenters. The van der Waals surface area contributed by atoms with E-state index in [-0.39, 0.29) is 4.99 Å². The third kappa shape index (κ3) is 3.69. The Bertz CT molecular complexity index is 601. The van der Waals surface area contributed by atoms with Gasteiger partial charge in [0, 0.05) is 4.47 Å². The Hall–Kier alpha value is -1.10. The molecule has 0 radical (unpaired) electrons. The molecule has 98 valence electrons. The first-order valence-electron chi connectivity index (χ1n) is 5.53. The van der Waals surface area contributed by atoms with Gasteiger partial charge in [-0.05, 0) is 29.8 Å². The molecule has 0 aliphatic rings. The number of rotatable bonds is 4. The van der Waals surface area contributed by atoms with Crippen molar-refractivity contribution < 1.29 is 4.74 Å². The van der Waals surface area contributed by atoms with E-state index < -0.39 is 0 Å². The summed E-state index contributed by atoms with van der Waals surface area (Å²) in [6.07, 6.45) is 0. The lowest BCUT2D eigenvalue weighted by molar-refractivity contribution is 0.305. The summed E-state index contributed by atoms with van der Waals surface area (Å²) in [5, 5.41) is 0.501. The normalized spacial score (nSPS) is 10.2. The molecule has 0 fully saturated rings. The van der Waals surface area contributed by atoms with Crippen LogP contribution in [0.25, 0.3) is 0 Å². The van der Waals surface area contributed by atoms with Crippen LogP contribution < -0.4 is 10.5 Å². The Morgan fingerprint density at radius 1 is 1.21 bits per heavy atom. The van der Waals surface area contributed by atoms with E-state index in [1.165, 1.54) is 0 Å². The summed E-state index contributed by atoms with van der Waals surface area (Å²) in [6.45, 7) is 0.434. The summed E-state index contributed by atoms with van der Waals surface area (Å²) in [4.78, 5) is 0.233. The van der Waals surface area contributed by atoms with Crippen LogP contribution >= 0.6 is 39.7 Å². The highest BCUT2D eigenvalue weighted by Gasteiger charge is 2.10. The van der Waals surface area contributed by atoms with Crippen molar-refractivity contribution in [2.24, 2.45) is 5.73 Å². The first-order chi connectivity index (χ1) is 9.08. The van der Waals surface area contributed by atoms with Crippen LogP contribution in [0.3, 0.4) is 0 Å². The van der Waals surface area contributed by atoms with E-state index >= 15 is 0 Å². The van der Waals surface area contributed by atoms with Gasteiger partial charge in [0.05, 0.1) is 10.6 Å². The minimum atomic E-state index is 0.233. The molecule has 5 heteroatoms. The second-order valence-corrected chi connectivity index (χ2v) is 5.66. The third-order valence-corrected chi connectivity index (χ3v) is 3.58. The van der Waals surface area contributed by atoms with Crippen molar-refractivity contribution in [1.82, 2.24) is 0 Å². The topological polar surface area (TPSA) is 35.2 Å². The molecular weight excluding hydrogens is 346 g/mol. The van der Waals surface area contributed by atoms with Crippen LogP contribution in [-0.4, -0.2) is 4.99 Å². The molecule has 0 aliphatic carbocycles. The van der Waals surface area contributed by atoms with Crippen molar-refractivity contribution in [2.75, 3.05) is 0 Å². The Labute approximate surface area is 130 Å². The monoisotopic (exact) mass is 355 g/mol. The summed E-state index contributed by atoms with van der Waals surface area (Å²) >= 11 is 14.5. The molecule has 0 spiro atoms. The van der Waals surface area contributed by atoms with Crippen molar-refractivity contribution in [3.63, 3.8) is 0 Å². The van der Waals surface area contributed by atoms with Crippen molar-refractivity contribution in [3.05, 3.63) is 63.1 Å². The average molecular weight is 357 g/mol. The van der Waals surface area contributed by atoms with Crippen LogP contribution in [0, 0.1) is 0 Å². The number of hydrogen-bond acceptors (Lipinski definition) is 2. The Morgan fingerprint density at radius 3 is 2.53 bits per heavy atom. The third-order valence-electron chi connectivity index (χ3n) is 2.53. The first-order valence-corrected chi connectivity index (χ1v) is 7.11. The summed E-state index contributed by atoms with van der Waals surface area (Å²) in [5.74, 6) is 0.600. The van der Waals surface area contributed by atoms with Gasteiger partial charge in [0.25, 0.3) is 0 Å². The molecule has 0 aromatic heterocycles. The van der Waals surface area contributed by atoms with Crippen LogP contribution in [-0.2, 0) is 6.61 Å². The minimum absolute atomic E-state index is 0.233. The standard InChI is InChI=1S/C14H11BrClNOS/c15-10-6-4-9(5-7-10)8-18-12-3-1-2-11(16)13(12)14(17)19/h1-7H,8H2,(H2,17,19).